The van der Waals surface area contributed by atoms with Crippen molar-refractivity contribution in [3.05, 3.63) is 130 Å². The first-order valence-corrected chi connectivity index (χ1v) is 15.0. The SMILES string of the molecule is CC(=O)OC1=CCc2ccccc21.COc1ccc2c(c1)/C(=C1/Cc3ccccc3C1=O)C(=O)N2.COc1ccc2c(c1)C(=O)C(=O)N2. The number of rotatable bonds is 3. The number of esters is 1. The van der Waals surface area contributed by atoms with Crippen LogP contribution in [-0.2, 0) is 32.0 Å². The van der Waals surface area contributed by atoms with E-state index in [-0.39, 0.29) is 17.7 Å². The quantitative estimate of drug-likeness (QED) is 0.162. The van der Waals surface area contributed by atoms with E-state index in [1.807, 2.05) is 54.6 Å². The Morgan fingerprint density at radius 3 is 1.88 bits per heavy atom. The molecule has 10 heteroatoms. The molecule has 8 rings (SSSR count). The molecule has 10 nitrogen and oxygen atoms in total. The maximum Gasteiger partial charge on any atom is 0.308 e. The van der Waals surface area contributed by atoms with Crippen LogP contribution in [0.1, 0.15) is 49.9 Å². The van der Waals surface area contributed by atoms with E-state index in [1.165, 1.54) is 19.6 Å². The Kier molecular flexibility index (Phi) is 8.72. The highest BCUT2D eigenvalue weighted by molar-refractivity contribution is 6.51. The topological polar surface area (TPSA) is 137 Å². The molecule has 2 aliphatic carbocycles. The number of ketones is 2. The summed E-state index contributed by atoms with van der Waals surface area (Å²) in [7, 11) is 3.09. The number of carbonyl (C=O) groups is 5. The maximum absolute atomic E-state index is 12.6. The summed E-state index contributed by atoms with van der Waals surface area (Å²) in [5.74, 6) is 0.305. The molecule has 0 spiro atoms. The Balaban J connectivity index is 0.000000133. The molecule has 0 saturated carbocycles. The molecule has 0 atom stereocenters. The van der Waals surface area contributed by atoms with Crippen molar-refractivity contribution in [2.45, 2.75) is 19.8 Å². The number of Topliss-reactive ketones (excluding diaryl/α,β-unsaturated/α-hetero) is 2. The molecule has 240 valence electrons. The van der Waals surface area contributed by atoms with E-state index < -0.39 is 11.7 Å². The van der Waals surface area contributed by atoms with Crippen LogP contribution in [0.25, 0.3) is 11.3 Å². The second-order valence-electron chi connectivity index (χ2n) is 11.1. The van der Waals surface area contributed by atoms with Crippen LogP contribution in [0.5, 0.6) is 11.5 Å². The van der Waals surface area contributed by atoms with Gasteiger partial charge in [-0.15, -0.1) is 0 Å². The average Bonchev–Trinajstić information content (AvgIpc) is 3.83. The Morgan fingerprint density at radius 1 is 0.646 bits per heavy atom. The third-order valence-electron chi connectivity index (χ3n) is 8.15. The largest absolute Gasteiger partial charge is 0.497 e. The number of hydrogen-bond acceptors (Lipinski definition) is 8. The van der Waals surface area contributed by atoms with Crippen LogP contribution in [0.4, 0.5) is 11.4 Å². The van der Waals surface area contributed by atoms with Gasteiger partial charge in [0.1, 0.15) is 17.3 Å². The zero-order chi connectivity index (χ0) is 33.9. The average molecular weight is 643 g/mol. The first kappa shape index (κ1) is 31.7. The summed E-state index contributed by atoms with van der Waals surface area (Å²) in [6, 6.07) is 25.7. The monoisotopic (exact) mass is 642 g/mol. The summed E-state index contributed by atoms with van der Waals surface area (Å²) in [4.78, 5) is 57.8. The van der Waals surface area contributed by atoms with E-state index in [1.54, 1.807) is 43.5 Å². The molecule has 48 heavy (non-hydrogen) atoms. The molecular weight excluding hydrogens is 612 g/mol. The second-order valence-corrected chi connectivity index (χ2v) is 11.1. The lowest BCUT2D eigenvalue weighted by molar-refractivity contribution is -0.134. The highest BCUT2D eigenvalue weighted by atomic mass is 16.5. The standard InChI is InChI=1S/C18H13NO3.C11H10O2.C9H7NO3/c1-22-11-6-7-15-13(9-11)16(18(21)19-15)14-8-10-4-2-3-5-12(10)17(14)20;1-8(12)13-11-7-6-9-4-2-3-5-10(9)11;1-13-5-2-3-7-6(4-5)8(11)9(12)10-7/h2-7,9H,8H2,1H3,(H,19,21);2-5,7H,6H2,1H3;2-4H,1H3,(H,10,11,12)/b16-14+;;. The summed E-state index contributed by atoms with van der Waals surface area (Å²) in [5.41, 5.74) is 7.34. The van der Waals surface area contributed by atoms with Crippen LogP contribution in [0, 0.1) is 0 Å². The first-order valence-electron chi connectivity index (χ1n) is 15.0. The van der Waals surface area contributed by atoms with E-state index in [9.17, 15) is 24.0 Å². The molecule has 0 radical (unpaired) electrons. The van der Waals surface area contributed by atoms with Crippen LogP contribution in [-0.4, -0.2) is 43.6 Å². The Labute approximate surface area is 276 Å². The van der Waals surface area contributed by atoms with Crippen molar-refractivity contribution in [2.75, 3.05) is 24.9 Å². The number of amides is 2. The highest BCUT2D eigenvalue weighted by Crippen LogP contribution is 2.40. The molecule has 0 bridgehead atoms. The summed E-state index contributed by atoms with van der Waals surface area (Å²) >= 11 is 0. The van der Waals surface area contributed by atoms with E-state index in [2.05, 4.69) is 10.6 Å². The lowest BCUT2D eigenvalue weighted by Crippen LogP contribution is -2.12. The Bertz CT molecular complexity index is 2090. The predicted octanol–water partition coefficient (Wildman–Crippen LogP) is 5.82. The zero-order valence-corrected chi connectivity index (χ0v) is 26.3. The van der Waals surface area contributed by atoms with Gasteiger partial charge >= 0.3 is 5.97 Å². The summed E-state index contributed by atoms with van der Waals surface area (Å²) in [6.07, 6.45) is 3.29. The van der Waals surface area contributed by atoms with E-state index >= 15 is 0 Å². The summed E-state index contributed by atoms with van der Waals surface area (Å²) in [6.45, 7) is 1.42. The minimum Gasteiger partial charge on any atom is -0.497 e. The van der Waals surface area contributed by atoms with E-state index in [4.69, 9.17) is 14.2 Å². The van der Waals surface area contributed by atoms with Crippen molar-refractivity contribution in [3.63, 3.8) is 0 Å². The molecule has 0 unspecified atom stereocenters. The second kappa shape index (κ2) is 13.2. The minimum atomic E-state index is -0.580. The molecule has 0 fully saturated rings. The van der Waals surface area contributed by atoms with Crippen molar-refractivity contribution in [2.24, 2.45) is 0 Å². The fraction of sp³-hybridized carbons (Fsp3) is 0.132. The molecule has 0 saturated heterocycles. The third kappa shape index (κ3) is 6.11. The van der Waals surface area contributed by atoms with Gasteiger partial charge in [0.2, 0.25) is 0 Å². The Morgan fingerprint density at radius 2 is 1.23 bits per heavy atom. The number of hydrogen-bond donors (Lipinski definition) is 2. The summed E-state index contributed by atoms with van der Waals surface area (Å²) < 4.78 is 15.2. The van der Waals surface area contributed by atoms with Crippen molar-refractivity contribution < 1.29 is 38.2 Å². The fourth-order valence-corrected chi connectivity index (χ4v) is 5.86. The number of allylic oxidation sites excluding steroid dienone is 2. The van der Waals surface area contributed by atoms with Gasteiger partial charge in [-0.2, -0.15) is 0 Å². The van der Waals surface area contributed by atoms with Crippen LogP contribution in [0.2, 0.25) is 0 Å². The van der Waals surface area contributed by atoms with Crippen LogP contribution < -0.4 is 20.1 Å². The predicted molar refractivity (Wildman–Crippen MR) is 179 cm³/mol. The van der Waals surface area contributed by atoms with Crippen molar-refractivity contribution in [3.8, 4) is 11.5 Å². The van der Waals surface area contributed by atoms with Crippen LogP contribution >= 0.6 is 0 Å². The molecular formula is C38H30N2O8. The molecule has 4 aliphatic rings. The van der Waals surface area contributed by atoms with E-state index in [0.29, 0.717) is 51.6 Å². The summed E-state index contributed by atoms with van der Waals surface area (Å²) in [5, 5.41) is 5.27. The van der Waals surface area contributed by atoms with Gasteiger partial charge in [0, 0.05) is 41.3 Å². The number of nitrogens with one attached hydrogen (secondary N) is 2. The lowest BCUT2D eigenvalue weighted by atomic mass is 9.98. The van der Waals surface area contributed by atoms with Crippen molar-refractivity contribution in [1.82, 2.24) is 0 Å². The fourth-order valence-electron chi connectivity index (χ4n) is 5.86. The van der Waals surface area contributed by atoms with Gasteiger partial charge in [-0.3, -0.25) is 24.0 Å². The lowest BCUT2D eigenvalue weighted by Gasteiger charge is -2.04. The first-order chi connectivity index (χ1) is 23.2. The molecule has 2 heterocycles. The number of carbonyl (C=O) groups excluding carboxylic acids is 5. The molecule has 4 aromatic rings. The number of ether oxygens (including phenoxy) is 3. The van der Waals surface area contributed by atoms with Gasteiger partial charge in [-0.1, -0.05) is 48.5 Å². The molecule has 2 N–H and O–H groups in total. The van der Waals surface area contributed by atoms with Gasteiger partial charge in [0.25, 0.3) is 17.6 Å². The maximum atomic E-state index is 12.6. The molecule has 2 amide bonds. The highest BCUT2D eigenvalue weighted by Gasteiger charge is 2.35. The normalized spacial score (nSPS) is 16.1. The third-order valence-corrected chi connectivity index (χ3v) is 8.15. The number of benzene rings is 4. The number of anilines is 2. The van der Waals surface area contributed by atoms with Gasteiger partial charge in [-0.05, 0) is 60.0 Å². The molecule has 2 aliphatic heterocycles. The van der Waals surface area contributed by atoms with Gasteiger partial charge in [-0.25, -0.2) is 0 Å². The smallest absolute Gasteiger partial charge is 0.308 e. The minimum absolute atomic E-state index is 0.0589. The van der Waals surface area contributed by atoms with Crippen LogP contribution in [0.15, 0.2) is 96.6 Å². The molecule has 0 aromatic heterocycles. The van der Waals surface area contributed by atoms with Crippen LogP contribution in [0.3, 0.4) is 0 Å². The van der Waals surface area contributed by atoms with Gasteiger partial charge in [0.05, 0.1) is 31.0 Å². The number of methoxy groups -OCH3 is 2. The molecule has 4 aromatic carbocycles. The number of fused-ring (bicyclic) bond motifs is 4. The van der Waals surface area contributed by atoms with Crippen molar-refractivity contribution in [1.29, 1.82) is 0 Å². The van der Waals surface area contributed by atoms with Gasteiger partial charge in [0.15, 0.2) is 5.78 Å². The Hall–Kier alpha value is -6.29. The zero-order valence-electron chi connectivity index (χ0n) is 26.3. The van der Waals surface area contributed by atoms with Gasteiger partial charge < -0.3 is 24.8 Å². The van der Waals surface area contributed by atoms with E-state index in [0.717, 1.165) is 28.8 Å². The van der Waals surface area contributed by atoms with Crippen molar-refractivity contribution >= 4 is 52.1 Å².